The Morgan fingerprint density at radius 2 is 2.18 bits per heavy atom. The lowest BCUT2D eigenvalue weighted by atomic mass is 9.93. The molecule has 94 valence electrons. The molecule has 0 amide bonds. The lowest BCUT2D eigenvalue weighted by molar-refractivity contribution is 0.216. The van der Waals surface area contributed by atoms with E-state index in [0.29, 0.717) is 16.1 Å². The van der Waals surface area contributed by atoms with E-state index >= 15 is 0 Å². The molecule has 17 heavy (non-hydrogen) atoms. The van der Waals surface area contributed by atoms with E-state index in [1.165, 1.54) is 18.4 Å². The summed E-state index contributed by atoms with van der Waals surface area (Å²) in [4.78, 5) is 4.13. The fourth-order valence-corrected chi connectivity index (χ4v) is 2.59. The van der Waals surface area contributed by atoms with Crippen LogP contribution in [0.1, 0.15) is 30.7 Å². The molecule has 1 fully saturated rings. The zero-order valence-electron chi connectivity index (χ0n) is 9.92. The molecule has 0 spiro atoms. The van der Waals surface area contributed by atoms with Crippen molar-refractivity contribution >= 4 is 23.2 Å². The minimum absolute atomic E-state index is 0.390. The van der Waals surface area contributed by atoms with E-state index in [2.05, 4.69) is 15.4 Å². The fraction of sp³-hybridized carbons (Fsp3) is 0.583. The maximum atomic E-state index is 6.01. The van der Waals surface area contributed by atoms with Crippen molar-refractivity contribution in [2.75, 3.05) is 20.1 Å². The van der Waals surface area contributed by atoms with Gasteiger partial charge < -0.3 is 0 Å². The summed E-state index contributed by atoms with van der Waals surface area (Å²) in [6, 6.07) is 1.95. The molecule has 0 bridgehead atoms. The average molecular weight is 274 g/mol. The van der Waals surface area contributed by atoms with Crippen LogP contribution in [0.2, 0.25) is 10.2 Å². The lowest BCUT2D eigenvalue weighted by Crippen LogP contribution is -2.35. The van der Waals surface area contributed by atoms with Crippen molar-refractivity contribution in [2.24, 2.45) is 0 Å². The Morgan fingerprint density at radius 1 is 1.35 bits per heavy atom. The van der Waals surface area contributed by atoms with Crippen LogP contribution < -0.4 is 5.43 Å². The molecule has 1 N–H and O–H groups in total. The Bertz CT molecular complexity index is 384. The molecule has 0 saturated carbocycles. The van der Waals surface area contributed by atoms with Gasteiger partial charge in [-0.1, -0.05) is 23.2 Å². The largest absolute Gasteiger partial charge is 0.258 e. The molecular formula is C12H17Cl2N3. The average Bonchev–Trinajstić information content (AvgIpc) is 2.58. The second kappa shape index (κ2) is 6.01. The molecule has 1 aromatic heterocycles. The summed E-state index contributed by atoms with van der Waals surface area (Å²) in [5, 5.41) is 3.20. The van der Waals surface area contributed by atoms with E-state index in [9.17, 15) is 0 Å². The topological polar surface area (TPSA) is 28.2 Å². The van der Waals surface area contributed by atoms with Crippen LogP contribution in [0.3, 0.4) is 0 Å². The smallest absolute Gasteiger partial charge is 0.147 e. The summed E-state index contributed by atoms with van der Waals surface area (Å²) in [7, 11) is 1.97. The van der Waals surface area contributed by atoms with Crippen molar-refractivity contribution in [2.45, 2.75) is 25.2 Å². The van der Waals surface area contributed by atoms with Crippen molar-refractivity contribution in [3.05, 3.63) is 28.0 Å². The summed E-state index contributed by atoms with van der Waals surface area (Å²) in [6.07, 6.45) is 5.35. The SMILES string of the molecule is CNN1CCC[C@@H](c2cnc(Cl)c(Cl)c2)CC1. The molecule has 0 radical (unpaired) electrons. The minimum atomic E-state index is 0.390. The van der Waals surface area contributed by atoms with E-state index in [0.717, 1.165) is 19.5 Å². The molecule has 1 aliphatic rings. The van der Waals surface area contributed by atoms with Crippen LogP contribution in [0.25, 0.3) is 0 Å². The van der Waals surface area contributed by atoms with E-state index in [-0.39, 0.29) is 0 Å². The van der Waals surface area contributed by atoms with Crippen LogP contribution in [-0.4, -0.2) is 30.1 Å². The zero-order chi connectivity index (χ0) is 12.3. The van der Waals surface area contributed by atoms with Gasteiger partial charge in [0.25, 0.3) is 0 Å². The Balaban J connectivity index is 2.08. The van der Waals surface area contributed by atoms with Crippen LogP contribution in [0.4, 0.5) is 0 Å². The molecule has 0 unspecified atom stereocenters. The Morgan fingerprint density at radius 3 is 2.88 bits per heavy atom. The molecule has 0 aliphatic carbocycles. The van der Waals surface area contributed by atoms with Gasteiger partial charge in [0, 0.05) is 19.3 Å². The number of hydrogen-bond donors (Lipinski definition) is 1. The van der Waals surface area contributed by atoms with Crippen LogP contribution >= 0.6 is 23.2 Å². The van der Waals surface area contributed by atoms with Crippen LogP contribution in [0, 0.1) is 0 Å². The van der Waals surface area contributed by atoms with Crippen molar-refractivity contribution in [1.29, 1.82) is 0 Å². The minimum Gasteiger partial charge on any atom is -0.258 e. The molecule has 2 heterocycles. The summed E-state index contributed by atoms with van der Waals surface area (Å²) < 4.78 is 0. The molecule has 1 atom stereocenters. The first-order chi connectivity index (χ1) is 8.20. The van der Waals surface area contributed by atoms with Gasteiger partial charge in [-0.2, -0.15) is 0 Å². The standard InChI is InChI=1S/C12H17Cl2N3/c1-15-17-5-2-3-9(4-6-17)10-7-11(13)12(14)16-8-10/h7-9,15H,2-6H2,1H3/t9-/m1/s1. The van der Waals surface area contributed by atoms with Gasteiger partial charge in [-0.3, -0.25) is 5.43 Å². The van der Waals surface area contributed by atoms with Gasteiger partial charge in [0.05, 0.1) is 5.02 Å². The van der Waals surface area contributed by atoms with Gasteiger partial charge in [-0.25, -0.2) is 9.99 Å². The molecule has 5 heteroatoms. The van der Waals surface area contributed by atoms with Gasteiger partial charge in [-0.05, 0) is 43.9 Å². The zero-order valence-corrected chi connectivity index (χ0v) is 11.4. The Labute approximate surface area is 112 Å². The van der Waals surface area contributed by atoms with Gasteiger partial charge in [0.2, 0.25) is 0 Å². The van der Waals surface area contributed by atoms with Crippen molar-refractivity contribution in [3.63, 3.8) is 0 Å². The first-order valence-electron chi connectivity index (χ1n) is 5.94. The molecule has 1 aromatic rings. The highest BCUT2D eigenvalue weighted by Crippen LogP contribution is 2.30. The molecule has 3 nitrogen and oxygen atoms in total. The van der Waals surface area contributed by atoms with Crippen LogP contribution in [-0.2, 0) is 0 Å². The Kier molecular flexibility index (Phi) is 4.62. The van der Waals surface area contributed by atoms with E-state index in [4.69, 9.17) is 23.2 Å². The summed E-state index contributed by atoms with van der Waals surface area (Å²) in [6.45, 7) is 2.16. The highest BCUT2D eigenvalue weighted by Gasteiger charge is 2.18. The molecular weight excluding hydrogens is 257 g/mol. The maximum Gasteiger partial charge on any atom is 0.147 e. The van der Waals surface area contributed by atoms with E-state index in [1.807, 2.05) is 19.3 Å². The number of aromatic nitrogens is 1. The fourth-order valence-electron chi connectivity index (χ4n) is 2.31. The number of nitrogens with zero attached hydrogens (tertiary/aromatic N) is 2. The first kappa shape index (κ1) is 13.1. The third-order valence-electron chi connectivity index (χ3n) is 3.33. The number of halogens is 2. The van der Waals surface area contributed by atoms with Crippen molar-refractivity contribution in [1.82, 2.24) is 15.4 Å². The molecule has 1 aliphatic heterocycles. The van der Waals surface area contributed by atoms with E-state index < -0.39 is 0 Å². The lowest BCUT2D eigenvalue weighted by Gasteiger charge is -2.18. The summed E-state index contributed by atoms with van der Waals surface area (Å²) in [5.74, 6) is 0.538. The second-order valence-electron chi connectivity index (χ2n) is 4.38. The number of rotatable bonds is 2. The van der Waals surface area contributed by atoms with Crippen molar-refractivity contribution in [3.8, 4) is 0 Å². The molecule has 2 rings (SSSR count). The van der Waals surface area contributed by atoms with Crippen molar-refractivity contribution < 1.29 is 0 Å². The Hall–Kier alpha value is -0.350. The number of nitrogens with one attached hydrogen (secondary N) is 1. The highest BCUT2D eigenvalue weighted by molar-refractivity contribution is 6.41. The van der Waals surface area contributed by atoms with Crippen LogP contribution in [0.15, 0.2) is 12.3 Å². The quantitative estimate of drug-likeness (QED) is 0.840. The third kappa shape index (κ3) is 3.32. The number of hydrazine groups is 1. The van der Waals surface area contributed by atoms with Gasteiger partial charge in [-0.15, -0.1) is 0 Å². The molecule has 0 aromatic carbocycles. The second-order valence-corrected chi connectivity index (χ2v) is 5.14. The third-order valence-corrected chi connectivity index (χ3v) is 4.02. The normalized spacial score (nSPS) is 22.4. The van der Waals surface area contributed by atoms with Crippen LogP contribution in [0.5, 0.6) is 0 Å². The monoisotopic (exact) mass is 273 g/mol. The van der Waals surface area contributed by atoms with Gasteiger partial charge in [0.15, 0.2) is 0 Å². The highest BCUT2D eigenvalue weighted by atomic mass is 35.5. The summed E-state index contributed by atoms with van der Waals surface area (Å²) in [5.41, 5.74) is 4.41. The predicted octanol–water partition coefficient (Wildman–Crippen LogP) is 3.09. The number of pyridine rings is 1. The summed E-state index contributed by atoms with van der Waals surface area (Å²) >= 11 is 11.8. The van der Waals surface area contributed by atoms with Gasteiger partial charge in [0.1, 0.15) is 5.15 Å². The maximum absolute atomic E-state index is 6.01. The predicted molar refractivity (Wildman–Crippen MR) is 71.5 cm³/mol. The van der Waals surface area contributed by atoms with Gasteiger partial charge >= 0.3 is 0 Å². The number of hydrogen-bond acceptors (Lipinski definition) is 3. The van der Waals surface area contributed by atoms with E-state index in [1.54, 1.807) is 0 Å². The molecule has 1 saturated heterocycles. The first-order valence-corrected chi connectivity index (χ1v) is 6.69.